The highest BCUT2D eigenvalue weighted by Crippen LogP contribution is 2.40. The van der Waals surface area contributed by atoms with E-state index in [1.54, 1.807) is 0 Å². The van der Waals surface area contributed by atoms with E-state index in [0.29, 0.717) is 12.6 Å². The quantitative estimate of drug-likeness (QED) is 0.835. The van der Waals surface area contributed by atoms with Crippen molar-refractivity contribution in [2.24, 2.45) is 11.7 Å². The molecular formula is C18H23N5OS. The normalized spacial score (nSPS) is 19.2. The Morgan fingerprint density at radius 2 is 1.84 bits per heavy atom. The van der Waals surface area contributed by atoms with Crippen molar-refractivity contribution in [3.8, 4) is 5.69 Å². The monoisotopic (exact) mass is 357 g/mol. The van der Waals surface area contributed by atoms with E-state index in [4.69, 9.17) is 23.1 Å². The second-order valence-corrected chi connectivity index (χ2v) is 7.39. The molecule has 1 aromatic carbocycles. The largest absolute Gasteiger partial charge is 0.369 e. The van der Waals surface area contributed by atoms with Gasteiger partial charge in [0.15, 0.2) is 0 Å². The summed E-state index contributed by atoms with van der Waals surface area (Å²) in [5.41, 5.74) is 6.50. The number of hydrogen-bond acceptors (Lipinski definition) is 4. The Morgan fingerprint density at radius 3 is 2.44 bits per heavy atom. The number of nitrogens with two attached hydrogens (primary N) is 1. The highest BCUT2D eigenvalue weighted by Gasteiger charge is 2.31. The molecule has 6 nitrogen and oxygen atoms in total. The first-order valence-electron chi connectivity index (χ1n) is 8.90. The van der Waals surface area contributed by atoms with Gasteiger partial charge in [-0.15, -0.1) is 0 Å². The number of likely N-dealkylation sites (tertiary alicyclic amines) is 1. The first kappa shape index (κ1) is 16.5. The average molecular weight is 357 g/mol. The first-order valence-corrected chi connectivity index (χ1v) is 9.31. The maximum Gasteiger partial charge on any atom is 0.220 e. The number of carbonyl (C=O) groups is 1. The molecule has 0 bridgehead atoms. The molecule has 0 atom stereocenters. The molecule has 0 spiro atoms. The van der Waals surface area contributed by atoms with Crippen molar-refractivity contribution >= 4 is 18.1 Å². The number of hydrogen-bond donors (Lipinski definition) is 1. The molecule has 25 heavy (non-hydrogen) atoms. The van der Waals surface area contributed by atoms with Crippen molar-refractivity contribution in [1.82, 2.24) is 19.2 Å². The number of carbonyl (C=O) groups excluding carboxylic acids is 1. The van der Waals surface area contributed by atoms with Crippen LogP contribution in [0.15, 0.2) is 30.3 Å². The zero-order chi connectivity index (χ0) is 17.4. The molecule has 0 unspecified atom stereocenters. The molecule has 2 N–H and O–H groups in total. The minimum absolute atomic E-state index is 0.00752. The Kier molecular flexibility index (Phi) is 4.43. The fourth-order valence-electron chi connectivity index (χ4n) is 3.49. The van der Waals surface area contributed by atoms with Crippen LogP contribution in [-0.4, -0.2) is 38.2 Å². The van der Waals surface area contributed by atoms with E-state index in [9.17, 15) is 4.79 Å². The van der Waals surface area contributed by atoms with Crippen LogP contribution in [0.3, 0.4) is 0 Å². The topological polar surface area (TPSA) is 69.1 Å². The van der Waals surface area contributed by atoms with Gasteiger partial charge in [0.05, 0.1) is 6.67 Å². The number of rotatable bonds is 5. The molecule has 132 valence electrons. The number of piperidine rings is 1. The molecule has 1 saturated heterocycles. The van der Waals surface area contributed by atoms with Gasteiger partial charge >= 0.3 is 0 Å². The van der Waals surface area contributed by atoms with Crippen molar-refractivity contribution in [1.29, 1.82) is 0 Å². The van der Waals surface area contributed by atoms with E-state index in [-0.39, 0.29) is 11.8 Å². The molecule has 4 rings (SSSR count). The zero-order valence-corrected chi connectivity index (χ0v) is 15.0. The van der Waals surface area contributed by atoms with E-state index in [0.717, 1.165) is 42.2 Å². The summed E-state index contributed by atoms with van der Waals surface area (Å²) in [4.78, 5) is 13.6. The molecule has 1 amide bonds. The molecule has 1 aliphatic heterocycles. The van der Waals surface area contributed by atoms with Crippen molar-refractivity contribution in [2.75, 3.05) is 13.1 Å². The number of aromatic nitrogens is 3. The van der Waals surface area contributed by atoms with Gasteiger partial charge in [-0.05, 0) is 50.0 Å². The summed E-state index contributed by atoms with van der Waals surface area (Å²) in [6.45, 7) is 2.38. The Hall–Kier alpha value is -1.99. The third kappa shape index (κ3) is 3.39. The summed E-state index contributed by atoms with van der Waals surface area (Å²) >= 11 is 5.74. The summed E-state index contributed by atoms with van der Waals surface area (Å²) in [6.07, 6.45) is 4.00. The van der Waals surface area contributed by atoms with Crippen LogP contribution in [-0.2, 0) is 11.5 Å². The number of benzene rings is 1. The van der Waals surface area contributed by atoms with Gasteiger partial charge in [-0.2, -0.15) is 5.10 Å². The first-order chi connectivity index (χ1) is 12.1. The van der Waals surface area contributed by atoms with Crippen LogP contribution in [0.1, 0.15) is 37.4 Å². The van der Waals surface area contributed by atoms with Gasteiger partial charge in [0.1, 0.15) is 5.82 Å². The zero-order valence-electron chi connectivity index (χ0n) is 14.2. The fraction of sp³-hybridized carbons (Fsp3) is 0.500. The van der Waals surface area contributed by atoms with Crippen molar-refractivity contribution in [2.45, 2.75) is 38.3 Å². The second-order valence-electron chi connectivity index (χ2n) is 7.02. The molecule has 1 saturated carbocycles. The summed E-state index contributed by atoms with van der Waals surface area (Å²) in [6, 6.07) is 10.2. The van der Waals surface area contributed by atoms with Crippen LogP contribution in [0.5, 0.6) is 0 Å². The summed E-state index contributed by atoms with van der Waals surface area (Å²) in [5, 5.41) is 4.84. The minimum atomic E-state index is -0.180. The number of primary amides is 1. The van der Waals surface area contributed by atoms with Crippen molar-refractivity contribution < 1.29 is 4.79 Å². The lowest BCUT2D eigenvalue weighted by molar-refractivity contribution is -0.123. The van der Waals surface area contributed by atoms with Gasteiger partial charge in [-0.3, -0.25) is 14.3 Å². The predicted octanol–water partition coefficient (Wildman–Crippen LogP) is 2.44. The van der Waals surface area contributed by atoms with Gasteiger partial charge < -0.3 is 5.73 Å². The lowest BCUT2D eigenvalue weighted by Gasteiger charge is -2.30. The van der Waals surface area contributed by atoms with Crippen LogP contribution in [0.25, 0.3) is 5.69 Å². The Balaban J connectivity index is 1.57. The molecule has 7 heteroatoms. The molecule has 2 aromatic rings. The van der Waals surface area contributed by atoms with Gasteiger partial charge in [-0.1, -0.05) is 18.2 Å². The maximum absolute atomic E-state index is 11.3. The van der Waals surface area contributed by atoms with Gasteiger partial charge in [0, 0.05) is 30.6 Å². The second kappa shape index (κ2) is 6.72. The highest BCUT2D eigenvalue weighted by atomic mass is 32.1. The van der Waals surface area contributed by atoms with Gasteiger partial charge in [0.25, 0.3) is 0 Å². The SMILES string of the molecule is NC(=O)C1CCN(Cn2nc(C3CC3)n(-c3ccccc3)c2=S)CC1. The molecule has 1 aliphatic carbocycles. The lowest BCUT2D eigenvalue weighted by Crippen LogP contribution is -2.39. The summed E-state index contributed by atoms with van der Waals surface area (Å²) < 4.78 is 4.79. The van der Waals surface area contributed by atoms with E-state index in [1.807, 2.05) is 22.9 Å². The van der Waals surface area contributed by atoms with Crippen LogP contribution < -0.4 is 5.73 Å². The molecule has 2 fully saturated rings. The van der Waals surface area contributed by atoms with Crippen molar-refractivity contribution in [3.63, 3.8) is 0 Å². The van der Waals surface area contributed by atoms with Gasteiger partial charge in [0.2, 0.25) is 10.7 Å². The van der Waals surface area contributed by atoms with Crippen molar-refractivity contribution in [3.05, 3.63) is 40.9 Å². The highest BCUT2D eigenvalue weighted by molar-refractivity contribution is 7.71. The van der Waals surface area contributed by atoms with E-state index in [2.05, 4.69) is 21.6 Å². The third-order valence-corrected chi connectivity index (χ3v) is 5.54. The Morgan fingerprint density at radius 1 is 1.16 bits per heavy atom. The van der Waals surface area contributed by atoms with Crippen LogP contribution in [0.4, 0.5) is 0 Å². The van der Waals surface area contributed by atoms with Gasteiger partial charge in [-0.25, -0.2) is 4.68 Å². The number of nitrogens with zero attached hydrogens (tertiary/aromatic N) is 4. The van der Waals surface area contributed by atoms with E-state index in [1.165, 1.54) is 12.8 Å². The summed E-state index contributed by atoms with van der Waals surface area (Å²) in [5.74, 6) is 1.42. The number of para-hydroxylation sites is 1. The standard InChI is InChI=1S/C18H23N5OS/c19-16(24)13-8-10-21(11-9-13)12-22-18(25)23(15-4-2-1-3-5-15)17(20-22)14-6-7-14/h1-5,13-14H,6-12H2,(H2,19,24). The fourth-order valence-corrected chi connectivity index (χ4v) is 3.79. The minimum Gasteiger partial charge on any atom is -0.369 e. The Labute approximate surface area is 152 Å². The van der Waals surface area contributed by atoms with Crippen LogP contribution in [0, 0.1) is 10.7 Å². The van der Waals surface area contributed by atoms with E-state index >= 15 is 0 Å². The molecule has 2 heterocycles. The third-order valence-electron chi connectivity index (χ3n) is 5.15. The molecular weight excluding hydrogens is 334 g/mol. The molecule has 0 radical (unpaired) electrons. The molecule has 1 aromatic heterocycles. The lowest BCUT2D eigenvalue weighted by atomic mass is 9.97. The van der Waals surface area contributed by atoms with E-state index < -0.39 is 0 Å². The summed E-state index contributed by atoms with van der Waals surface area (Å²) in [7, 11) is 0. The smallest absolute Gasteiger partial charge is 0.220 e. The van der Waals surface area contributed by atoms with Crippen LogP contribution in [0.2, 0.25) is 0 Å². The Bertz CT molecular complexity index is 816. The van der Waals surface area contributed by atoms with Crippen LogP contribution >= 0.6 is 12.2 Å². The number of amides is 1. The molecule has 2 aliphatic rings. The maximum atomic E-state index is 11.3. The predicted molar refractivity (Wildman–Crippen MR) is 97.9 cm³/mol. The average Bonchev–Trinajstić information content (AvgIpc) is 3.42.